The summed E-state index contributed by atoms with van der Waals surface area (Å²) in [6.45, 7) is 0.215. The van der Waals surface area contributed by atoms with E-state index in [0.29, 0.717) is 17.0 Å². The van der Waals surface area contributed by atoms with E-state index in [1.54, 1.807) is 43.4 Å². The van der Waals surface area contributed by atoms with Crippen molar-refractivity contribution in [2.24, 2.45) is 0 Å². The Morgan fingerprint density at radius 3 is 2.40 bits per heavy atom. The SMILES string of the molecule is CNC(=O)c1ccc(NC(=O)c2ccc(COc3ccc4ccccc4c3)o2)cc1. The molecule has 4 aromatic rings. The molecule has 2 amide bonds. The molecular formula is C24H20N2O4. The molecular weight excluding hydrogens is 380 g/mol. The number of carbonyl (C=O) groups is 2. The number of hydrogen-bond donors (Lipinski definition) is 2. The van der Waals surface area contributed by atoms with Crippen molar-refractivity contribution in [3.05, 3.63) is 95.9 Å². The minimum absolute atomic E-state index is 0.183. The molecule has 1 aromatic heterocycles. The fourth-order valence-corrected chi connectivity index (χ4v) is 3.03. The first-order chi connectivity index (χ1) is 14.6. The monoisotopic (exact) mass is 400 g/mol. The number of anilines is 1. The van der Waals surface area contributed by atoms with Gasteiger partial charge in [0.05, 0.1) is 0 Å². The van der Waals surface area contributed by atoms with Gasteiger partial charge >= 0.3 is 0 Å². The Morgan fingerprint density at radius 2 is 1.63 bits per heavy atom. The van der Waals surface area contributed by atoms with Gasteiger partial charge in [-0.1, -0.05) is 30.3 Å². The number of fused-ring (bicyclic) bond motifs is 1. The fourth-order valence-electron chi connectivity index (χ4n) is 3.03. The normalized spacial score (nSPS) is 10.6. The Labute approximate surface area is 173 Å². The molecule has 1 heterocycles. The van der Waals surface area contributed by atoms with Gasteiger partial charge in [0.2, 0.25) is 0 Å². The third-order valence-electron chi connectivity index (χ3n) is 4.62. The Hall–Kier alpha value is -4.06. The van der Waals surface area contributed by atoms with Crippen molar-refractivity contribution in [1.29, 1.82) is 0 Å². The molecule has 150 valence electrons. The second-order valence-electron chi connectivity index (χ2n) is 6.67. The first-order valence-corrected chi connectivity index (χ1v) is 9.46. The van der Waals surface area contributed by atoms with Crippen LogP contribution in [-0.4, -0.2) is 18.9 Å². The minimum atomic E-state index is -0.375. The van der Waals surface area contributed by atoms with Crippen LogP contribution in [0.25, 0.3) is 10.8 Å². The molecule has 0 fully saturated rings. The molecule has 6 heteroatoms. The van der Waals surface area contributed by atoms with Crippen molar-refractivity contribution in [3.63, 3.8) is 0 Å². The molecule has 0 saturated heterocycles. The average molecular weight is 400 g/mol. The molecule has 0 aliphatic heterocycles. The van der Waals surface area contributed by atoms with E-state index < -0.39 is 0 Å². The van der Waals surface area contributed by atoms with Crippen LogP contribution in [0.3, 0.4) is 0 Å². The second kappa shape index (κ2) is 8.53. The predicted molar refractivity (Wildman–Crippen MR) is 115 cm³/mol. The summed E-state index contributed by atoms with van der Waals surface area (Å²) in [6.07, 6.45) is 0. The summed E-state index contributed by atoms with van der Waals surface area (Å²) in [5.74, 6) is 0.896. The number of hydrogen-bond acceptors (Lipinski definition) is 4. The Kier molecular flexibility index (Phi) is 5.48. The Balaban J connectivity index is 1.37. The van der Waals surface area contributed by atoms with Crippen molar-refractivity contribution in [2.45, 2.75) is 6.61 Å². The summed E-state index contributed by atoms with van der Waals surface area (Å²) in [7, 11) is 1.57. The highest BCUT2D eigenvalue weighted by molar-refractivity contribution is 6.02. The molecule has 30 heavy (non-hydrogen) atoms. The predicted octanol–water partition coefficient (Wildman–Crippen LogP) is 4.62. The number of amides is 2. The summed E-state index contributed by atoms with van der Waals surface area (Å²) < 4.78 is 11.4. The van der Waals surface area contributed by atoms with Crippen LogP contribution in [0.5, 0.6) is 5.75 Å². The quantitative estimate of drug-likeness (QED) is 0.495. The van der Waals surface area contributed by atoms with E-state index in [1.165, 1.54) is 0 Å². The van der Waals surface area contributed by atoms with Crippen LogP contribution in [0.4, 0.5) is 5.69 Å². The van der Waals surface area contributed by atoms with Crippen LogP contribution in [0.2, 0.25) is 0 Å². The summed E-state index contributed by atoms with van der Waals surface area (Å²) in [5.41, 5.74) is 1.08. The van der Waals surface area contributed by atoms with E-state index in [9.17, 15) is 9.59 Å². The number of rotatable bonds is 6. The van der Waals surface area contributed by atoms with E-state index in [4.69, 9.17) is 9.15 Å². The van der Waals surface area contributed by atoms with Gasteiger partial charge in [-0.2, -0.15) is 0 Å². The number of furan rings is 1. The summed E-state index contributed by atoms with van der Waals surface area (Å²) in [5, 5.41) is 7.53. The molecule has 3 aromatic carbocycles. The van der Waals surface area contributed by atoms with Gasteiger partial charge in [-0.25, -0.2) is 0 Å². The van der Waals surface area contributed by atoms with E-state index in [-0.39, 0.29) is 24.2 Å². The maximum absolute atomic E-state index is 12.4. The van der Waals surface area contributed by atoms with Crippen LogP contribution < -0.4 is 15.4 Å². The number of nitrogens with one attached hydrogen (secondary N) is 2. The number of carbonyl (C=O) groups excluding carboxylic acids is 2. The highest BCUT2D eigenvalue weighted by Gasteiger charge is 2.12. The van der Waals surface area contributed by atoms with Crippen molar-refractivity contribution in [2.75, 3.05) is 12.4 Å². The van der Waals surface area contributed by atoms with Crippen LogP contribution in [0, 0.1) is 0 Å². The molecule has 6 nitrogen and oxygen atoms in total. The van der Waals surface area contributed by atoms with Gasteiger partial charge < -0.3 is 19.8 Å². The third-order valence-corrected chi connectivity index (χ3v) is 4.62. The first-order valence-electron chi connectivity index (χ1n) is 9.46. The topological polar surface area (TPSA) is 80.6 Å². The molecule has 0 unspecified atom stereocenters. The van der Waals surface area contributed by atoms with Gasteiger partial charge in [-0.15, -0.1) is 0 Å². The van der Waals surface area contributed by atoms with Crippen LogP contribution in [0.1, 0.15) is 26.7 Å². The number of ether oxygens (including phenoxy) is 1. The van der Waals surface area contributed by atoms with Gasteiger partial charge in [-0.3, -0.25) is 9.59 Å². The van der Waals surface area contributed by atoms with E-state index in [2.05, 4.69) is 10.6 Å². The highest BCUT2D eigenvalue weighted by Crippen LogP contribution is 2.22. The van der Waals surface area contributed by atoms with Gasteiger partial charge in [0, 0.05) is 18.3 Å². The minimum Gasteiger partial charge on any atom is -0.486 e. The zero-order chi connectivity index (χ0) is 20.9. The lowest BCUT2D eigenvalue weighted by atomic mass is 10.1. The smallest absolute Gasteiger partial charge is 0.291 e. The van der Waals surface area contributed by atoms with Crippen LogP contribution in [0.15, 0.2) is 83.3 Å². The van der Waals surface area contributed by atoms with E-state index >= 15 is 0 Å². The summed E-state index contributed by atoms with van der Waals surface area (Å²) >= 11 is 0. The Bertz CT molecular complexity index is 1200. The van der Waals surface area contributed by atoms with Crippen LogP contribution in [-0.2, 0) is 6.61 Å². The van der Waals surface area contributed by atoms with Gasteiger partial charge in [0.25, 0.3) is 11.8 Å². The largest absolute Gasteiger partial charge is 0.486 e. The molecule has 0 bridgehead atoms. The van der Waals surface area contributed by atoms with Crippen LogP contribution >= 0.6 is 0 Å². The standard InChI is InChI=1S/C24H20N2O4/c1-25-23(27)17-6-9-19(10-7-17)26-24(28)22-13-12-21(30-22)15-29-20-11-8-16-4-2-3-5-18(16)14-20/h2-14H,15H2,1H3,(H,25,27)(H,26,28). The van der Waals surface area contributed by atoms with Gasteiger partial charge in [0.15, 0.2) is 5.76 Å². The maximum atomic E-state index is 12.4. The molecule has 0 radical (unpaired) electrons. The summed E-state index contributed by atoms with van der Waals surface area (Å²) in [6, 6.07) is 23.8. The molecule has 4 rings (SSSR count). The lowest BCUT2D eigenvalue weighted by Crippen LogP contribution is -2.17. The van der Waals surface area contributed by atoms with E-state index in [1.807, 2.05) is 42.5 Å². The van der Waals surface area contributed by atoms with Gasteiger partial charge in [0.1, 0.15) is 18.1 Å². The lowest BCUT2D eigenvalue weighted by molar-refractivity contribution is 0.0961. The lowest BCUT2D eigenvalue weighted by Gasteiger charge is -2.06. The van der Waals surface area contributed by atoms with Gasteiger partial charge in [-0.05, 0) is 59.3 Å². The molecule has 0 aliphatic carbocycles. The number of benzene rings is 3. The molecule has 0 spiro atoms. The van der Waals surface area contributed by atoms with Crippen molar-refractivity contribution < 1.29 is 18.7 Å². The molecule has 2 N–H and O–H groups in total. The zero-order valence-electron chi connectivity index (χ0n) is 16.3. The average Bonchev–Trinajstić information content (AvgIpc) is 3.27. The maximum Gasteiger partial charge on any atom is 0.291 e. The molecule has 0 atom stereocenters. The first kappa shape index (κ1) is 19.3. The zero-order valence-corrected chi connectivity index (χ0v) is 16.3. The third kappa shape index (κ3) is 4.33. The summed E-state index contributed by atoms with van der Waals surface area (Å²) in [4.78, 5) is 24.0. The van der Waals surface area contributed by atoms with Crippen molar-refractivity contribution >= 4 is 28.3 Å². The van der Waals surface area contributed by atoms with E-state index in [0.717, 1.165) is 16.5 Å². The second-order valence-corrected chi connectivity index (χ2v) is 6.67. The molecule has 0 aliphatic rings. The Morgan fingerprint density at radius 1 is 0.867 bits per heavy atom. The highest BCUT2D eigenvalue weighted by atomic mass is 16.5. The van der Waals surface area contributed by atoms with Crippen molar-refractivity contribution in [3.8, 4) is 5.75 Å². The fraction of sp³-hybridized carbons (Fsp3) is 0.0833. The molecule has 0 saturated carbocycles. The van der Waals surface area contributed by atoms with Crippen molar-refractivity contribution in [1.82, 2.24) is 5.32 Å².